The lowest BCUT2D eigenvalue weighted by Gasteiger charge is -2.28. The summed E-state index contributed by atoms with van der Waals surface area (Å²) in [7, 11) is 0. The second-order valence-corrected chi connectivity index (χ2v) is 8.09. The van der Waals surface area contributed by atoms with Gasteiger partial charge in [0.05, 0.1) is 24.7 Å². The third kappa shape index (κ3) is 4.47. The van der Waals surface area contributed by atoms with E-state index in [4.69, 9.17) is 16.3 Å². The van der Waals surface area contributed by atoms with Crippen molar-refractivity contribution in [3.63, 3.8) is 0 Å². The first-order chi connectivity index (χ1) is 14.0. The Kier molecular flexibility index (Phi) is 5.89. The number of halogens is 2. The Morgan fingerprint density at radius 2 is 1.83 bits per heavy atom. The molecule has 0 unspecified atom stereocenters. The summed E-state index contributed by atoms with van der Waals surface area (Å²) in [6.07, 6.45) is 1.71. The summed E-state index contributed by atoms with van der Waals surface area (Å²) in [6, 6.07) is 11.8. The number of morpholine rings is 1. The van der Waals surface area contributed by atoms with E-state index in [1.807, 2.05) is 24.3 Å². The number of rotatable bonds is 4. The smallest absolute Gasteiger partial charge is 0.293 e. The maximum atomic E-state index is 13.2. The fourth-order valence-electron chi connectivity index (χ4n) is 3.21. The number of hydrogen-bond donors (Lipinski definition) is 0. The highest BCUT2D eigenvalue weighted by Crippen LogP contribution is 2.34. The van der Waals surface area contributed by atoms with Gasteiger partial charge in [-0.05, 0) is 53.2 Å². The van der Waals surface area contributed by atoms with Crippen molar-refractivity contribution in [1.82, 2.24) is 4.90 Å². The maximum absolute atomic E-state index is 13.2. The average Bonchev–Trinajstić information content (AvgIpc) is 2.98. The molecule has 2 aliphatic heterocycles. The van der Waals surface area contributed by atoms with Crippen LogP contribution in [0.2, 0.25) is 5.02 Å². The second-order valence-electron chi connectivity index (χ2n) is 6.69. The first-order valence-corrected chi connectivity index (χ1v) is 10.3. The standard InChI is InChI=1S/C21H18ClFN2O3S/c22-18-12-16(23)4-3-15(18)13-25-20(26)19(29-21(25)27)11-14-1-5-17(6-2-14)24-7-9-28-10-8-24/h1-6,11-12H,7-10,13H2/b19-11-. The van der Waals surface area contributed by atoms with Gasteiger partial charge in [0.15, 0.2) is 0 Å². The summed E-state index contributed by atoms with van der Waals surface area (Å²) < 4.78 is 18.6. The fraction of sp³-hybridized carbons (Fsp3) is 0.238. The van der Waals surface area contributed by atoms with Crippen LogP contribution in [-0.2, 0) is 16.1 Å². The quantitative estimate of drug-likeness (QED) is 0.663. The topological polar surface area (TPSA) is 49.9 Å². The molecule has 8 heteroatoms. The zero-order chi connectivity index (χ0) is 20.4. The van der Waals surface area contributed by atoms with Crippen LogP contribution in [-0.4, -0.2) is 42.3 Å². The number of anilines is 1. The first-order valence-electron chi connectivity index (χ1n) is 9.13. The van der Waals surface area contributed by atoms with Crippen LogP contribution in [0.25, 0.3) is 6.08 Å². The molecule has 150 valence electrons. The molecule has 2 aliphatic rings. The van der Waals surface area contributed by atoms with Crippen LogP contribution in [0.4, 0.5) is 14.9 Å². The summed E-state index contributed by atoms with van der Waals surface area (Å²) in [4.78, 5) is 28.7. The molecular weight excluding hydrogens is 415 g/mol. The van der Waals surface area contributed by atoms with E-state index in [0.29, 0.717) is 23.7 Å². The summed E-state index contributed by atoms with van der Waals surface area (Å²) in [5, 5.41) is -0.182. The summed E-state index contributed by atoms with van der Waals surface area (Å²) in [5.41, 5.74) is 2.46. The highest BCUT2D eigenvalue weighted by molar-refractivity contribution is 8.18. The Labute approximate surface area is 177 Å². The Balaban J connectivity index is 1.48. The van der Waals surface area contributed by atoms with Gasteiger partial charge in [-0.3, -0.25) is 14.5 Å². The first kappa shape index (κ1) is 19.9. The van der Waals surface area contributed by atoms with E-state index in [0.717, 1.165) is 41.0 Å². The minimum atomic E-state index is -0.465. The normalized spacial score (nSPS) is 18.8. The monoisotopic (exact) mass is 432 g/mol. The number of benzene rings is 2. The Hall–Kier alpha value is -2.35. The molecule has 0 saturated carbocycles. The van der Waals surface area contributed by atoms with E-state index < -0.39 is 5.82 Å². The number of carbonyl (C=O) groups is 2. The van der Waals surface area contributed by atoms with Crippen LogP contribution in [0.5, 0.6) is 0 Å². The SMILES string of the molecule is O=C1S/C(=C\c2ccc(N3CCOCC3)cc2)C(=O)N1Cc1ccc(F)cc1Cl. The molecule has 2 aromatic rings. The lowest BCUT2D eigenvalue weighted by Crippen LogP contribution is -2.36. The third-order valence-electron chi connectivity index (χ3n) is 4.78. The van der Waals surface area contributed by atoms with Gasteiger partial charge in [0, 0.05) is 23.8 Å². The molecule has 2 fully saturated rings. The van der Waals surface area contributed by atoms with Gasteiger partial charge in [-0.25, -0.2) is 4.39 Å². The lowest BCUT2D eigenvalue weighted by atomic mass is 10.1. The van der Waals surface area contributed by atoms with Crippen molar-refractivity contribution in [2.24, 2.45) is 0 Å². The van der Waals surface area contributed by atoms with Gasteiger partial charge in [-0.15, -0.1) is 0 Å². The predicted octanol–water partition coefficient (Wildman–Crippen LogP) is 4.55. The van der Waals surface area contributed by atoms with Crippen molar-refractivity contribution < 1.29 is 18.7 Å². The van der Waals surface area contributed by atoms with E-state index in [2.05, 4.69) is 4.90 Å². The minimum Gasteiger partial charge on any atom is -0.378 e. The van der Waals surface area contributed by atoms with E-state index in [1.54, 1.807) is 6.08 Å². The highest BCUT2D eigenvalue weighted by atomic mass is 35.5. The van der Waals surface area contributed by atoms with Crippen LogP contribution >= 0.6 is 23.4 Å². The van der Waals surface area contributed by atoms with Gasteiger partial charge >= 0.3 is 0 Å². The molecular formula is C21H18ClFN2O3S. The number of carbonyl (C=O) groups excluding carboxylic acids is 2. The number of ether oxygens (including phenoxy) is 1. The van der Waals surface area contributed by atoms with Gasteiger partial charge < -0.3 is 9.64 Å². The lowest BCUT2D eigenvalue weighted by molar-refractivity contribution is -0.123. The van der Waals surface area contributed by atoms with Crippen LogP contribution in [0.1, 0.15) is 11.1 Å². The van der Waals surface area contributed by atoms with Crippen LogP contribution in [0.15, 0.2) is 47.4 Å². The molecule has 2 saturated heterocycles. The van der Waals surface area contributed by atoms with Crippen molar-refractivity contribution in [2.75, 3.05) is 31.2 Å². The van der Waals surface area contributed by atoms with Gasteiger partial charge in [0.25, 0.3) is 11.1 Å². The maximum Gasteiger partial charge on any atom is 0.293 e. The fourth-order valence-corrected chi connectivity index (χ4v) is 4.28. The molecule has 0 aliphatic carbocycles. The van der Waals surface area contributed by atoms with Gasteiger partial charge in [0.1, 0.15) is 5.82 Å². The van der Waals surface area contributed by atoms with Crippen molar-refractivity contribution in [2.45, 2.75) is 6.54 Å². The zero-order valence-corrected chi connectivity index (χ0v) is 17.0. The Morgan fingerprint density at radius 1 is 1.10 bits per heavy atom. The van der Waals surface area contributed by atoms with E-state index in [1.165, 1.54) is 18.2 Å². The van der Waals surface area contributed by atoms with Crippen molar-refractivity contribution in [3.05, 3.63) is 69.3 Å². The van der Waals surface area contributed by atoms with Crippen molar-refractivity contribution in [3.8, 4) is 0 Å². The molecule has 2 aromatic carbocycles. The molecule has 0 spiro atoms. The van der Waals surface area contributed by atoms with Crippen LogP contribution in [0, 0.1) is 5.82 Å². The molecule has 0 atom stereocenters. The molecule has 0 aromatic heterocycles. The number of thioether (sulfide) groups is 1. The Bertz CT molecular complexity index is 974. The van der Waals surface area contributed by atoms with Crippen LogP contribution in [0.3, 0.4) is 0 Å². The average molecular weight is 433 g/mol. The van der Waals surface area contributed by atoms with Gasteiger partial charge in [0.2, 0.25) is 0 Å². The largest absolute Gasteiger partial charge is 0.378 e. The van der Waals surface area contributed by atoms with Crippen molar-refractivity contribution >= 4 is 46.3 Å². The molecule has 2 amide bonds. The van der Waals surface area contributed by atoms with E-state index in [9.17, 15) is 14.0 Å². The zero-order valence-electron chi connectivity index (χ0n) is 15.4. The number of imide groups is 1. The summed E-state index contributed by atoms with van der Waals surface area (Å²) >= 11 is 6.92. The highest BCUT2D eigenvalue weighted by Gasteiger charge is 2.35. The molecule has 0 bridgehead atoms. The molecule has 29 heavy (non-hydrogen) atoms. The summed E-state index contributed by atoms with van der Waals surface area (Å²) in [5.74, 6) is -0.842. The predicted molar refractivity (Wildman–Crippen MR) is 112 cm³/mol. The minimum absolute atomic E-state index is 0.0110. The van der Waals surface area contributed by atoms with Crippen LogP contribution < -0.4 is 4.90 Å². The molecule has 2 heterocycles. The second kappa shape index (κ2) is 8.57. The molecule has 0 radical (unpaired) electrons. The number of amides is 2. The van der Waals surface area contributed by atoms with E-state index >= 15 is 0 Å². The number of nitrogens with zero attached hydrogens (tertiary/aromatic N) is 2. The molecule has 5 nitrogen and oxygen atoms in total. The van der Waals surface area contributed by atoms with E-state index in [-0.39, 0.29) is 22.7 Å². The molecule has 0 N–H and O–H groups in total. The number of hydrogen-bond acceptors (Lipinski definition) is 5. The third-order valence-corrected chi connectivity index (χ3v) is 6.04. The molecule has 4 rings (SSSR count). The summed E-state index contributed by atoms with van der Waals surface area (Å²) in [6.45, 7) is 3.14. The Morgan fingerprint density at radius 3 is 2.52 bits per heavy atom. The van der Waals surface area contributed by atoms with Crippen molar-refractivity contribution in [1.29, 1.82) is 0 Å². The van der Waals surface area contributed by atoms with Gasteiger partial charge in [-0.1, -0.05) is 29.8 Å². The van der Waals surface area contributed by atoms with Gasteiger partial charge in [-0.2, -0.15) is 0 Å².